The van der Waals surface area contributed by atoms with Crippen LogP contribution in [0.15, 0.2) is 11.6 Å². The topological polar surface area (TPSA) is 44.8 Å². The van der Waals surface area contributed by atoms with E-state index in [1.54, 1.807) is 5.57 Å². The number of carbonyl (C=O) groups is 1. The fraction of sp³-hybridized carbons (Fsp3) is 0.885. The van der Waals surface area contributed by atoms with Crippen LogP contribution in [0.1, 0.15) is 79.6 Å². The van der Waals surface area contributed by atoms with Crippen molar-refractivity contribution in [2.75, 3.05) is 13.2 Å². The van der Waals surface area contributed by atoms with E-state index in [0.29, 0.717) is 17.3 Å². The van der Waals surface area contributed by atoms with Gasteiger partial charge < -0.3 is 14.2 Å². The molecule has 1 heterocycles. The predicted molar refractivity (Wildman–Crippen MR) is 116 cm³/mol. The Labute approximate surface area is 182 Å². The van der Waals surface area contributed by atoms with Crippen LogP contribution in [0.25, 0.3) is 0 Å². The zero-order valence-corrected chi connectivity index (χ0v) is 19.5. The van der Waals surface area contributed by atoms with Crippen LogP contribution in [0.5, 0.6) is 0 Å². The van der Waals surface area contributed by atoms with Gasteiger partial charge in [-0.05, 0) is 80.0 Å². The van der Waals surface area contributed by atoms with Gasteiger partial charge in [-0.15, -0.1) is 0 Å². The van der Waals surface area contributed by atoms with Crippen LogP contribution in [-0.2, 0) is 19.0 Å². The van der Waals surface area contributed by atoms with E-state index < -0.39 is 5.79 Å². The first-order chi connectivity index (χ1) is 14.2. The molecule has 0 spiro atoms. The molecule has 5 aliphatic rings. The second kappa shape index (κ2) is 7.07. The van der Waals surface area contributed by atoms with Crippen molar-refractivity contribution >= 4 is 5.97 Å². The second-order valence-corrected chi connectivity index (χ2v) is 11.7. The lowest BCUT2D eigenvalue weighted by molar-refractivity contribution is -0.222. The Hall–Kier alpha value is -0.870. The number of rotatable bonds is 2. The summed E-state index contributed by atoms with van der Waals surface area (Å²) < 4.78 is 18.0. The molecule has 0 amide bonds. The van der Waals surface area contributed by atoms with Crippen molar-refractivity contribution in [1.29, 1.82) is 0 Å². The van der Waals surface area contributed by atoms with Crippen LogP contribution in [0.3, 0.4) is 0 Å². The highest BCUT2D eigenvalue weighted by Gasteiger charge is 2.64. The Morgan fingerprint density at radius 3 is 2.53 bits per heavy atom. The van der Waals surface area contributed by atoms with Crippen molar-refractivity contribution in [3.05, 3.63) is 11.6 Å². The minimum absolute atomic E-state index is 0.0831. The van der Waals surface area contributed by atoms with E-state index in [9.17, 15) is 4.79 Å². The van der Waals surface area contributed by atoms with Gasteiger partial charge in [0.1, 0.15) is 6.10 Å². The van der Waals surface area contributed by atoms with Gasteiger partial charge in [0.25, 0.3) is 0 Å². The summed E-state index contributed by atoms with van der Waals surface area (Å²) in [5.74, 6) is 2.86. The van der Waals surface area contributed by atoms with E-state index in [1.165, 1.54) is 32.6 Å². The molecular formula is C26H40O4. The smallest absolute Gasteiger partial charge is 0.302 e. The van der Waals surface area contributed by atoms with Crippen molar-refractivity contribution < 1.29 is 19.0 Å². The molecule has 0 bridgehead atoms. The molecule has 30 heavy (non-hydrogen) atoms. The first kappa shape index (κ1) is 21.0. The summed E-state index contributed by atoms with van der Waals surface area (Å²) in [5.41, 5.74) is 2.16. The van der Waals surface area contributed by atoms with Crippen LogP contribution in [0.4, 0.5) is 0 Å². The molecule has 3 saturated carbocycles. The highest BCUT2D eigenvalue weighted by Crippen LogP contribution is 2.69. The van der Waals surface area contributed by atoms with Crippen LogP contribution >= 0.6 is 0 Å². The largest absolute Gasteiger partial charge is 0.462 e. The van der Waals surface area contributed by atoms with Crippen LogP contribution in [-0.4, -0.2) is 31.1 Å². The van der Waals surface area contributed by atoms with Gasteiger partial charge in [-0.1, -0.05) is 32.4 Å². The SMILES string of the molecule is CC(=O)O[C@H]1CC[C@@]2(C)C(=CC[C@H]3[C@@H]4C[C@@H](C)[C@H](C5(C)OCCO5)[C@@]4(C)CC[C@@H]32)C1. The molecule has 1 aliphatic heterocycles. The van der Waals surface area contributed by atoms with Crippen molar-refractivity contribution in [3.8, 4) is 0 Å². The average Bonchev–Trinajstić information content (AvgIpc) is 3.22. The molecule has 5 rings (SSSR count). The zero-order chi connectivity index (χ0) is 21.3. The third-order valence-corrected chi connectivity index (χ3v) is 10.2. The highest BCUT2D eigenvalue weighted by molar-refractivity contribution is 5.66. The Morgan fingerprint density at radius 2 is 1.83 bits per heavy atom. The molecule has 8 atom stereocenters. The highest BCUT2D eigenvalue weighted by atomic mass is 16.7. The molecule has 0 aromatic carbocycles. The molecule has 0 radical (unpaired) electrons. The van der Waals surface area contributed by atoms with Crippen molar-refractivity contribution in [3.63, 3.8) is 0 Å². The number of hydrogen-bond acceptors (Lipinski definition) is 4. The number of esters is 1. The van der Waals surface area contributed by atoms with E-state index in [1.807, 2.05) is 0 Å². The van der Waals surface area contributed by atoms with Gasteiger partial charge in [-0.3, -0.25) is 4.79 Å². The van der Waals surface area contributed by atoms with Gasteiger partial charge in [-0.25, -0.2) is 0 Å². The molecule has 0 unspecified atom stereocenters. The molecule has 4 aliphatic carbocycles. The number of fused-ring (bicyclic) bond motifs is 5. The van der Waals surface area contributed by atoms with Crippen LogP contribution in [0.2, 0.25) is 0 Å². The summed E-state index contributed by atoms with van der Waals surface area (Å²) in [6.07, 6.45) is 10.8. The Morgan fingerprint density at radius 1 is 1.10 bits per heavy atom. The fourth-order valence-corrected chi connectivity index (χ4v) is 9.15. The zero-order valence-electron chi connectivity index (χ0n) is 19.5. The van der Waals surface area contributed by atoms with E-state index in [4.69, 9.17) is 14.2 Å². The minimum atomic E-state index is -0.405. The quantitative estimate of drug-likeness (QED) is 0.440. The molecule has 0 N–H and O–H groups in total. The lowest BCUT2D eigenvalue weighted by Crippen LogP contribution is -2.53. The van der Waals surface area contributed by atoms with Crippen LogP contribution < -0.4 is 0 Å². The molecular weight excluding hydrogens is 376 g/mol. The van der Waals surface area contributed by atoms with Crippen molar-refractivity contribution in [1.82, 2.24) is 0 Å². The summed E-state index contributed by atoms with van der Waals surface area (Å²) in [6, 6.07) is 0. The van der Waals surface area contributed by atoms with Gasteiger partial charge in [0.2, 0.25) is 0 Å². The minimum Gasteiger partial charge on any atom is -0.462 e. The number of allylic oxidation sites excluding steroid dienone is 1. The second-order valence-electron chi connectivity index (χ2n) is 11.7. The molecule has 168 valence electrons. The van der Waals surface area contributed by atoms with E-state index in [2.05, 4.69) is 33.8 Å². The third-order valence-electron chi connectivity index (χ3n) is 10.2. The van der Waals surface area contributed by atoms with Gasteiger partial charge in [0.05, 0.1) is 13.2 Å². The van der Waals surface area contributed by atoms with E-state index in [0.717, 1.165) is 50.2 Å². The lowest BCUT2D eigenvalue weighted by atomic mass is 9.47. The van der Waals surface area contributed by atoms with Gasteiger partial charge in [-0.2, -0.15) is 0 Å². The number of hydrogen-bond donors (Lipinski definition) is 0. The lowest BCUT2D eigenvalue weighted by Gasteiger charge is -2.58. The summed E-state index contributed by atoms with van der Waals surface area (Å²) in [7, 11) is 0. The number of ether oxygens (including phenoxy) is 3. The number of carbonyl (C=O) groups excluding carboxylic acids is 1. The molecule has 4 heteroatoms. The maximum absolute atomic E-state index is 11.5. The normalized spacial score (nSPS) is 49.6. The summed E-state index contributed by atoms with van der Waals surface area (Å²) in [4.78, 5) is 11.5. The Bertz CT molecular complexity index is 737. The van der Waals surface area contributed by atoms with Crippen molar-refractivity contribution in [2.24, 2.45) is 40.4 Å². The fourth-order valence-electron chi connectivity index (χ4n) is 9.15. The maximum atomic E-state index is 11.5. The summed E-state index contributed by atoms with van der Waals surface area (Å²) in [5, 5.41) is 0. The summed E-state index contributed by atoms with van der Waals surface area (Å²) in [6.45, 7) is 12.7. The molecule has 4 nitrogen and oxygen atoms in total. The monoisotopic (exact) mass is 416 g/mol. The Balaban J connectivity index is 1.42. The van der Waals surface area contributed by atoms with E-state index in [-0.39, 0.29) is 17.5 Å². The molecule has 0 aromatic rings. The average molecular weight is 417 g/mol. The van der Waals surface area contributed by atoms with Gasteiger partial charge >= 0.3 is 5.97 Å². The first-order valence-corrected chi connectivity index (χ1v) is 12.3. The summed E-state index contributed by atoms with van der Waals surface area (Å²) >= 11 is 0. The van der Waals surface area contributed by atoms with E-state index >= 15 is 0 Å². The van der Waals surface area contributed by atoms with Gasteiger partial charge in [0.15, 0.2) is 5.79 Å². The van der Waals surface area contributed by atoms with Crippen LogP contribution in [0, 0.1) is 40.4 Å². The first-order valence-electron chi connectivity index (χ1n) is 12.3. The van der Waals surface area contributed by atoms with Crippen molar-refractivity contribution in [2.45, 2.75) is 91.5 Å². The Kier molecular flexibility index (Phi) is 4.95. The third kappa shape index (κ3) is 2.96. The van der Waals surface area contributed by atoms with Gasteiger partial charge in [0, 0.05) is 19.3 Å². The molecule has 4 fully saturated rings. The predicted octanol–water partition coefficient (Wildman–Crippen LogP) is 5.51. The standard InChI is InChI=1S/C26H40O4/c1-16-14-22-20-7-6-18-15-19(30-17(2)27)8-10-24(18,3)21(20)9-11-25(22,4)23(16)26(5)28-12-13-29-26/h6,16,19-23H,7-15H2,1-5H3/t16-,19+,20-,21+,22+,23+,24+,25+/m1/s1. The maximum Gasteiger partial charge on any atom is 0.302 e. The molecule has 1 saturated heterocycles. The molecule has 0 aromatic heterocycles.